The lowest BCUT2D eigenvalue weighted by Crippen LogP contribution is -2.37. The van der Waals surface area contributed by atoms with Crippen LogP contribution in [0, 0.1) is 0 Å². The van der Waals surface area contributed by atoms with E-state index in [-0.39, 0.29) is 30.9 Å². The highest BCUT2D eigenvalue weighted by molar-refractivity contribution is 5.75. The summed E-state index contributed by atoms with van der Waals surface area (Å²) < 4.78 is 19.3. The monoisotopic (exact) mass is 388 g/mol. The molecule has 0 radical (unpaired) electrons. The first-order chi connectivity index (χ1) is 13.4. The van der Waals surface area contributed by atoms with Gasteiger partial charge in [0, 0.05) is 14.1 Å². The van der Waals surface area contributed by atoms with Crippen LogP contribution in [0.2, 0.25) is 0 Å². The fraction of sp³-hybridized carbons (Fsp3) is 0.333. The maximum atomic E-state index is 12.3. The van der Waals surface area contributed by atoms with Gasteiger partial charge < -0.3 is 18.8 Å². The van der Waals surface area contributed by atoms with Crippen LogP contribution in [0.3, 0.4) is 0 Å². The van der Waals surface area contributed by atoms with E-state index in [1.165, 1.54) is 29.6 Å². The Morgan fingerprint density at radius 2 is 1.71 bits per heavy atom. The Morgan fingerprint density at radius 1 is 1.04 bits per heavy atom. The summed E-state index contributed by atoms with van der Waals surface area (Å²) in [5.41, 5.74) is -0.632. The van der Waals surface area contributed by atoms with Crippen molar-refractivity contribution in [3.8, 4) is 11.5 Å². The minimum Gasteiger partial charge on any atom is -0.497 e. The van der Waals surface area contributed by atoms with Crippen LogP contribution < -0.4 is 20.7 Å². The number of esters is 1. The lowest BCUT2D eigenvalue weighted by Gasteiger charge is -2.09. The molecule has 28 heavy (non-hydrogen) atoms. The zero-order valence-electron chi connectivity index (χ0n) is 15.7. The second kappa shape index (κ2) is 7.99. The number of aryl methyl sites for hydroxylation is 1. The number of methoxy groups -OCH3 is 1. The fourth-order valence-electron chi connectivity index (χ4n) is 2.69. The number of fused-ring (bicyclic) bond motifs is 1. The van der Waals surface area contributed by atoms with Crippen molar-refractivity contribution in [3.63, 3.8) is 0 Å². The zero-order chi connectivity index (χ0) is 20.3. The third kappa shape index (κ3) is 3.75. The van der Waals surface area contributed by atoms with E-state index in [9.17, 15) is 14.4 Å². The smallest absolute Gasteiger partial charge is 0.332 e. The molecule has 0 saturated heterocycles. The molecule has 2 heterocycles. The topological polar surface area (TPSA) is 107 Å². The van der Waals surface area contributed by atoms with Crippen molar-refractivity contribution in [2.24, 2.45) is 14.1 Å². The first-order valence-electron chi connectivity index (χ1n) is 8.45. The Morgan fingerprint density at radius 3 is 2.39 bits per heavy atom. The highest BCUT2D eigenvalue weighted by Crippen LogP contribution is 2.16. The maximum Gasteiger partial charge on any atom is 0.332 e. The first kappa shape index (κ1) is 19.2. The zero-order valence-corrected chi connectivity index (χ0v) is 15.7. The molecule has 10 heteroatoms. The van der Waals surface area contributed by atoms with Crippen molar-refractivity contribution >= 4 is 17.1 Å². The van der Waals surface area contributed by atoms with E-state index in [1.807, 2.05) is 0 Å². The van der Waals surface area contributed by atoms with Crippen LogP contribution in [0.15, 0.2) is 40.2 Å². The summed E-state index contributed by atoms with van der Waals surface area (Å²) in [6, 6.07) is 7.02. The summed E-state index contributed by atoms with van der Waals surface area (Å²) >= 11 is 0. The largest absolute Gasteiger partial charge is 0.497 e. The Kier molecular flexibility index (Phi) is 5.48. The minimum atomic E-state index is -0.548. The minimum absolute atomic E-state index is 0.0496. The van der Waals surface area contributed by atoms with Crippen molar-refractivity contribution in [1.29, 1.82) is 0 Å². The van der Waals surface area contributed by atoms with Crippen molar-refractivity contribution in [2.45, 2.75) is 6.54 Å². The molecular weight excluding hydrogens is 368 g/mol. The number of carbonyl (C=O) groups excluding carboxylic acids is 1. The number of benzene rings is 1. The van der Waals surface area contributed by atoms with Gasteiger partial charge in [0.25, 0.3) is 5.56 Å². The quantitative estimate of drug-likeness (QED) is 0.416. The molecule has 0 aliphatic rings. The van der Waals surface area contributed by atoms with Crippen LogP contribution in [0.5, 0.6) is 11.5 Å². The highest BCUT2D eigenvalue weighted by atomic mass is 16.6. The van der Waals surface area contributed by atoms with Crippen molar-refractivity contribution in [2.75, 3.05) is 20.3 Å². The van der Waals surface area contributed by atoms with Crippen LogP contribution in [-0.4, -0.2) is 45.0 Å². The molecule has 148 valence electrons. The lowest BCUT2D eigenvalue weighted by molar-refractivity contribution is -0.145. The third-order valence-corrected chi connectivity index (χ3v) is 4.19. The van der Waals surface area contributed by atoms with Gasteiger partial charge in [0.05, 0.1) is 13.4 Å². The number of rotatable bonds is 7. The van der Waals surface area contributed by atoms with Crippen LogP contribution in [0.4, 0.5) is 0 Å². The average Bonchev–Trinajstić information content (AvgIpc) is 3.12. The van der Waals surface area contributed by atoms with E-state index in [2.05, 4.69) is 4.98 Å². The third-order valence-electron chi connectivity index (χ3n) is 4.19. The van der Waals surface area contributed by atoms with Gasteiger partial charge in [0.2, 0.25) is 0 Å². The number of hydrogen-bond donors (Lipinski definition) is 0. The Bertz CT molecular complexity index is 1110. The van der Waals surface area contributed by atoms with Crippen LogP contribution in [0.1, 0.15) is 0 Å². The molecule has 10 nitrogen and oxygen atoms in total. The second-order valence-corrected chi connectivity index (χ2v) is 5.99. The SMILES string of the molecule is COc1ccc(OCCOC(=O)Cn2cnc3c2c(=O)n(C)c(=O)n3C)cc1. The van der Waals surface area contributed by atoms with E-state index in [1.54, 1.807) is 31.4 Å². The van der Waals surface area contributed by atoms with Gasteiger partial charge in [-0.3, -0.25) is 18.7 Å². The van der Waals surface area contributed by atoms with Gasteiger partial charge in [-0.1, -0.05) is 0 Å². The summed E-state index contributed by atoms with van der Waals surface area (Å²) in [6.45, 7) is 0.0273. The molecule has 0 aliphatic carbocycles. The molecule has 0 saturated carbocycles. The van der Waals surface area contributed by atoms with Gasteiger partial charge in [-0.15, -0.1) is 0 Å². The van der Waals surface area contributed by atoms with Crippen LogP contribution >= 0.6 is 0 Å². The normalized spacial score (nSPS) is 10.8. The summed E-state index contributed by atoms with van der Waals surface area (Å²) in [5, 5.41) is 0. The molecular formula is C18H20N4O6. The first-order valence-corrected chi connectivity index (χ1v) is 8.45. The number of carbonyl (C=O) groups is 1. The molecule has 0 unspecified atom stereocenters. The molecule has 0 spiro atoms. The predicted molar refractivity (Wildman–Crippen MR) is 99.7 cm³/mol. The summed E-state index contributed by atoms with van der Waals surface area (Å²) in [6.07, 6.45) is 1.33. The number of ether oxygens (including phenoxy) is 3. The van der Waals surface area contributed by atoms with E-state index >= 15 is 0 Å². The number of aromatic nitrogens is 4. The van der Waals surface area contributed by atoms with Gasteiger partial charge in [0.1, 0.15) is 31.3 Å². The Hall–Kier alpha value is -3.56. The molecule has 0 bridgehead atoms. The maximum absolute atomic E-state index is 12.3. The van der Waals surface area contributed by atoms with Gasteiger partial charge in [-0.05, 0) is 24.3 Å². The molecule has 0 N–H and O–H groups in total. The summed E-state index contributed by atoms with van der Waals surface area (Å²) in [5.74, 6) is 0.797. The summed E-state index contributed by atoms with van der Waals surface area (Å²) in [7, 11) is 4.46. The Balaban J connectivity index is 1.59. The van der Waals surface area contributed by atoms with Gasteiger partial charge in [-0.25, -0.2) is 9.78 Å². The van der Waals surface area contributed by atoms with E-state index in [0.29, 0.717) is 5.75 Å². The molecule has 3 aromatic rings. The molecule has 0 amide bonds. The van der Waals surface area contributed by atoms with Crippen molar-refractivity contribution < 1.29 is 19.0 Å². The molecule has 1 aromatic carbocycles. The van der Waals surface area contributed by atoms with E-state index in [4.69, 9.17) is 14.2 Å². The van der Waals surface area contributed by atoms with E-state index < -0.39 is 17.2 Å². The van der Waals surface area contributed by atoms with Crippen LogP contribution in [-0.2, 0) is 30.2 Å². The van der Waals surface area contributed by atoms with Crippen molar-refractivity contribution in [3.05, 3.63) is 51.4 Å². The molecule has 0 atom stereocenters. The molecule has 3 rings (SSSR count). The summed E-state index contributed by atoms with van der Waals surface area (Å²) in [4.78, 5) is 40.4. The van der Waals surface area contributed by atoms with E-state index in [0.717, 1.165) is 10.3 Å². The number of nitrogens with zero attached hydrogens (tertiary/aromatic N) is 4. The van der Waals surface area contributed by atoms with Gasteiger partial charge in [0.15, 0.2) is 11.2 Å². The van der Waals surface area contributed by atoms with Crippen LogP contribution in [0.25, 0.3) is 11.2 Å². The predicted octanol–water partition coefficient (Wildman–Crippen LogP) is 0.0645. The molecule has 0 fully saturated rings. The van der Waals surface area contributed by atoms with Gasteiger partial charge in [-0.2, -0.15) is 0 Å². The average molecular weight is 388 g/mol. The molecule has 2 aromatic heterocycles. The number of hydrogen-bond acceptors (Lipinski definition) is 7. The standard InChI is InChI=1S/C18H20N4O6/c1-20-16-15(17(24)21(2)18(20)25)22(11-19-16)10-14(23)28-9-8-27-13-6-4-12(26-3)5-7-13/h4-7,11H,8-10H2,1-3H3. The fourth-order valence-corrected chi connectivity index (χ4v) is 2.69. The Labute approximate surface area is 159 Å². The lowest BCUT2D eigenvalue weighted by atomic mass is 10.3. The van der Waals surface area contributed by atoms with Gasteiger partial charge >= 0.3 is 11.7 Å². The molecule has 0 aliphatic heterocycles. The second-order valence-electron chi connectivity index (χ2n) is 5.99. The number of imidazole rings is 1. The van der Waals surface area contributed by atoms with Crippen molar-refractivity contribution in [1.82, 2.24) is 18.7 Å². The highest BCUT2D eigenvalue weighted by Gasteiger charge is 2.16.